The number of hydrogen-bond donors (Lipinski definition) is 1. The lowest BCUT2D eigenvalue weighted by atomic mass is 10.1. The monoisotopic (exact) mass is 400 g/mol. The summed E-state index contributed by atoms with van der Waals surface area (Å²) in [6.45, 7) is 1.27. The van der Waals surface area contributed by atoms with Gasteiger partial charge in [0.25, 0.3) is 0 Å². The van der Waals surface area contributed by atoms with Crippen LogP contribution in [-0.2, 0) is 17.8 Å². The molecule has 0 unspecified atom stereocenters. The van der Waals surface area contributed by atoms with E-state index in [-0.39, 0.29) is 18.3 Å². The second kappa shape index (κ2) is 11.0. The normalized spacial score (nSPS) is 11.1. The zero-order valence-electron chi connectivity index (χ0n) is 17.5. The molecule has 2 aromatic carbocycles. The number of nitrogens with one attached hydrogen (secondary N) is 1. The fourth-order valence-corrected chi connectivity index (χ4v) is 2.64. The number of amides is 1. The zero-order chi connectivity index (χ0) is 21.2. The number of halogens is 1. The molecule has 7 heteroatoms. The maximum Gasteiger partial charge on any atom is 0.243 e. The smallest absolute Gasteiger partial charge is 0.243 e. The van der Waals surface area contributed by atoms with E-state index in [4.69, 9.17) is 4.74 Å². The Balaban J connectivity index is 2.01. The van der Waals surface area contributed by atoms with Gasteiger partial charge in [-0.2, -0.15) is 0 Å². The summed E-state index contributed by atoms with van der Waals surface area (Å²) in [7, 11) is 6.95. The van der Waals surface area contributed by atoms with Gasteiger partial charge in [0, 0.05) is 34.2 Å². The van der Waals surface area contributed by atoms with Gasteiger partial charge in [-0.1, -0.05) is 24.3 Å². The van der Waals surface area contributed by atoms with Crippen molar-refractivity contribution in [3.8, 4) is 5.75 Å². The number of aliphatic imine (C=N–C) groups is 1. The van der Waals surface area contributed by atoms with Crippen LogP contribution in [0.5, 0.6) is 5.75 Å². The van der Waals surface area contributed by atoms with Crippen LogP contribution in [0, 0.1) is 5.82 Å². The number of methoxy groups -OCH3 is 1. The molecule has 29 heavy (non-hydrogen) atoms. The van der Waals surface area contributed by atoms with Gasteiger partial charge in [-0.25, -0.2) is 9.38 Å². The van der Waals surface area contributed by atoms with E-state index in [1.807, 2.05) is 36.2 Å². The first-order chi connectivity index (χ1) is 13.9. The van der Waals surface area contributed by atoms with Crippen molar-refractivity contribution in [2.24, 2.45) is 4.99 Å². The molecule has 0 bridgehead atoms. The fraction of sp³-hybridized carbons (Fsp3) is 0.364. The highest BCUT2D eigenvalue weighted by Crippen LogP contribution is 2.11. The third-order valence-electron chi connectivity index (χ3n) is 4.41. The first-order valence-corrected chi connectivity index (χ1v) is 9.46. The summed E-state index contributed by atoms with van der Waals surface area (Å²) in [5.41, 5.74) is 2.13. The molecule has 2 rings (SSSR count). The van der Waals surface area contributed by atoms with Crippen molar-refractivity contribution < 1.29 is 13.9 Å². The number of carbonyl (C=O) groups is 1. The van der Waals surface area contributed by atoms with Crippen LogP contribution < -0.4 is 10.1 Å². The third kappa shape index (κ3) is 7.44. The second-order valence-corrected chi connectivity index (χ2v) is 6.94. The summed E-state index contributed by atoms with van der Waals surface area (Å²) in [5.74, 6) is 1.11. The van der Waals surface area contributed by atoms with Crippen molar-refractivity contribution in [2.75, 3.05) is 41.3 Å². The average molecular weight is 400 g/mol. The molecular weight excluding hydrogens is 371 g/mol. The largest absolute Gasteiger partial charge is 0.497 e. The van der Waals surface area contributed by atoms with Crippen molar-refractivity contribution >= 4 is 11.9 Å². The lowest BCUT2D eigenvalue weighted by Gasteiger charge is -2.23. The summed E-state index contributed by atoms with van der Waals surface area (Å²) in [6.07, 6.45) is 0.801. The van der Waals surface area contributed by atoms with E-state index in [1.54, 1.807) is 33.3 Å². The predicted octanol–water partition coefficient (Wildman–Crippen LogP) is 2.54. The highest BCUT2D eigenvalue weighted by atomic mass is 19.1. The van der Waals surface area contributed by atoms with Crippen LogP contribution in [0.15, 0.2) is 53.5 Å². The molecule has 0 saturated carbocycles. The Labute approximate surface area is 172 Å². The molecule has 0 atom stereocenters. The molecule has 0 heterocycles. The summed E-state index contributed by atoms with van der Waals surface area (Å²) in [5, 5.41) is 3.32. The van der Waals surface area contributed by atoms with Gasteiger partial charge in [0.2, 0.25) is 5.91 Å². The summed E-state index contributed by atoms with van der Waals surface area (Å²) in [6, 6.07) is 14.3. The third-order valence-corrected chi connectivity index (χ3v) is 4.41. The summed E-state index contributed by atoms with van der Waals surface area (Å²) >= 11 is 0. The van der Waals surface area contributed by atoms with Gasteiger partial charge in [-0.3, -0.25) is 4.79 Å². The first-order valence-electron chi connectivity index (χ1n) is 9.46. The molecule has 0 aliphatic carbocycles. The zero-order valence-corrected chi connectivity index (χ0v) is 17.5. The molecule has 1 N–H and O–H groups in total. The molecule has 2 aromatic rings. The van der Waals surface area contributed by atoms with E-state index >= 15 is 0 Å². The molecule has 156 valence electrons. The van der Waals surface area contributed by atoms with Crippen molar-refractivity contribution in [2.45, 2.75) is 13.0 Å². The van der Waals surface area contributed by atoms with Gasteiger partial charge in [0.1, 0.15) is 18.1 Å². The predicted molar refractivity (Wildman–Crippen MR) is 114 cm³/mol. The van der Waals surface area contributed by atoms with Gasteiger partial charge >= 0.3 is 0 Å². The first kappa shape index (κ1) is 22.2. The van der Waals surface area contributed by atoms with Crippen LogP contribution in [0.1, 0.15) is 11.1 Å². The number of nitrogens with zero attached hydrogens (tertiary/aromatic N) is 3. The highest BCUT2D eigenvalue weighted by molar-refractivity contribution is 5.84. The maximum atomic E-state index is 13.1. The van der Waals surface area contributed by atoms with Crippen molar-refractivity contribution in [3.05, 3.63) is 65.5 Å². The fourth-order valence-electron chi connectivity index (χ4n) is 2.64. The Morgan fingerprint density at radius 2 is 1.66 bits per heavy atom. The molecule has 0 radical (unpaired) electrons. The van der Waals surface area contributed by atoms with E-state index in [9.17, 15) is 9.18 Å². The number of ether oxygens (including phenoxy) is 1. The van der Waals surface area contributed by atoms with E-state index in [0.717, 1.165) is 17.7 Å². The summed E-state index contributed by atoms with van der Waals surface area (Å²) < 4.78 is 18.3. The van der Waals surface area contributed by atoms with E-state index in [2.05, 4.69) is 10.3 Å². The molecule has 0 aliphatic heterocycles. The van der Waals surface area contributed by atoms with Crippen LogP contribution in [0.2, 0.25) is 0 Å². The Hall–Kier alpha value is -3.09. The van der Waals surface area contributed by atoms with E-state index < -0.39 is 0 Å². The molecular formula is C22H29FN4O2. The molecule has 0 aromatic heterocycles. The number of benzene rings is 2. The SMILES string of the molecule is COc1ccc(CCNC(=NCC(=O)N(C)C)N(C)Cc2ccc(F)cc2)cc1. The maximum absolute atomic E-state index is 13.1. The topological polar surface area (TPSA) is 57.2 Å². The molecule has 0 fully saturated rings. The van der Waals surface area contributed by atoms with Gasteiger partial charge < -0.3 is 19.9 Å². The molecule has 0 aliphatic rings. The molecule has 1 amide bonds. The average Bonchev–Trinajstić information content (AvgIpc) is 2.72. The molecule has 0 spiro atoms. The Morgan fingerprint density at radius 3 is 2.24 bits per heavy atom. The highest BCUT2D eigenvalue weighted by Gasteiger charge is 2.10. The number of hydrogen-bond acceptors (Lipinski definition) is 3. The minimum Gasteiger partial charge on any atom is -0.497 e. The van der Waals surface area contributed by atoms with E-state index in [0.29, 0.717) is 19.0 Å². The number of likely N-dealkylation sites (N-methyl/N-ethyl adjacent to an activating group) is 1. The van der Waals surface area contributed by atoms with Gasteiger partial charge in [0.15, 0.2) is 5.96 Å². The number of guanidine groups is 1. The van der Waals surface area contributed by atoms with Crippen molar-refractivity contribution in [1.82, 2.24) is 15.1 Å². The van der Waals surface area contributed by atoms with Crippen LogP contribution in [0.25, 0.3) is 0 Å². The Bertz CT molecular complexity index is 805. The minimum atomic E-state index is -0.264. The number of rotatable bonds is 8. The second-order valence-electron chi connectivity index (χ2n) is 6.94. The lowest BCUT2D eigenvalue weighted by molar-refractivity contribution is -0.127. The quantitative estimate of drug-likeness (QED) is 0.547. The van der Waals surface area contributed by atoms with Gasteiger partial charge in [0.05, 0.1) is 7.11 Å². The van der Waals surface area contributed by atoms with Crippen molar-refractivity contribution in [1.29, 1.82) is 0 Å². The number of carbonyl (C=O) groups excluding carboxylic acids is 1. The lowest BCUT2D eigenvalue weighted by Crippen LogP contribution is -2.40. The Morgan fingerprint density at radius 1 is 1.03 bits per heavy atom. The van der Waals surface area contributed by atoms with Crippen LogP contribution >= 0.6 is 0 Å². The van der Waals surface area contributed by atoms with Gasteiger partial charge in [-0.15, -0.1) is 0 Å². The summed E-state index contributed by atoms with van der Waals surface area (Å²) in [4.78, 5) is 19.8. The molecule has 6 nitrogen and oxygen atoms in total. The minimum absolute atomic E-state index is 0.0611. The van der Waals surface area contributed by atoms with Crippen LogP contribution in [0.4, 0.5) is 4.39 Å². The molecule has 0 saturated heterocycles. The van der Waals surface area contributed by atoms with Crippen LogP contribution in [-0.4, -0.2) is 63.0 Å². The Kier molecular flexibility index (Phi) is 8.45. The van der Waals surface area contributed by atoms with E-state index in [1.165, 1.54) is 22.6 Å². The van der Waals surface area contributed by atoms with Crippen LogP contribution in [0.3, 0.4) is 0 Å². The van der Waals surface area contributed by atoms with Crippen molar-refractivity contribution in [3.63, 3.8) is 0 Å². The standard InChI is InChI=1S/C22H29FN4O2/c1-26(2)21(28)15-25-22(27(3)16-18-5-9-19(23)10-6-18)24-14-13-17-7-11-20(29-4)12-8-17/h5-12H,13-16H2,1-4H3,(H,24,25). The van der Waals surface area contributed by atoms with Gasteiger partial charge in [-0.05, 0) is 41.8 Å².